The molecule has 0 spiro atoms. The molecule has 8 heteroatoms. The van der Waals surface area contributed by atoms with Crippen molar-refractivity contribution in [3.05, 3.63) is 69.7 Å². The van der Waals surface area contributed by atoms with Gasteiger partial charge in [-0.1, -0.05) is 11.2 Å². The van der Waals surface area contributed by atoms with Gasteiger partial charge in [-0.25, -0.2) is 4.79 Å². The monoisotopic (exact) mass is 420 g/mol. The van der Waals surface area contributed by atoms with Crippen molar-refractivity contribution in [2.75, 3.05) is 6.61 Å². The molecule has 0 aliphatic carbocycles. The molecule has 1 saturated heterocycles. The van der Waals surface area contributed by atoms with Crippen LogP contribution in [0.5, 0.6) is 0 Å². The van der Waals surface area contributed by atoms with Crippen molar-refractivity contribution in [3.8, 4) is 11.1 Å². The van der Waals surface area contributed by atoms with Crippen molar-refractivity contribution >= 4 is 11.0 Å². The Morgan fingerprint density at radius 2 is 2.06 bits per heavy atom. The van der Waals surface area contributed by atoms with E-state index in [1.54, 1.807) is 18.3 Å². The van der Waals surface area contributed by atoms with E-state index in [0.29, 0.717) is 41.1 Å². The quantitative estimate of drug-likeness (QED) is 0.466. The molecule has 0 bridgehead atoms. The van der Waals surface area contributed by atoms with Crippen LogP contribution in [0.4, 0.5) is 0 Å². The fraction of sp³-hybridized carbons (Fsp3) is 0.348. The van der Waals surface area contributed by atoms with Crippen LogP contribution in [0, 0.1) is 13.8 Å². The van der Waals surface area contributed by atoms with Crippen LogP contribution in [-0.4, -0.2) is 37.9 Å². The van der Waals surface area contributed by atoms with Crippen LogP contribution < -0.4 is 5.69 Å². The highest BCUT2D eigenvalue weighted by atomic mass is 16.5. The number of rotatable bonds is 4. The maximum atomic E-state index is 12.3. The lowest BCUT2D eigenvalue weighted by atomic mass is 9.79. The number of aromatic amines is 2. The number of benzene rings is 1. The van der Waals surface area contributed by atoms with Gasteiger partial charge in [0.2, 0.25) is 0 Å². The summed E-state index contributed by atoms with van der Waals surface area (Å²) in [5.74, 6) is 0.663. The minimum atomic E-state index is -1.56. The first-order chi connectivity index (χ1) is 15.0. The zero-order chi connectivity index (χ0) is 21.6. The molecule has 8 nitrogen and oxygen atoms in total. The average molecular weight is 420 g/mol. The second-order valence-electron chi connectivity index (χ2n) is 8.06. The number of ether oxygens (including phenoxy) is 1. The molecule has 0 saturated carbocycles. The summed E-state index contributed by atoms with van der Waals surface area (Å²) < 4.78 is 11.4. The summed E-state index contributed by atoms with van der Waals surface area (Å²) in [6.45, 7) is 4.27. The normalized spacial score (nSPS) is 18.9. The highest BCUT2D eigenvalue weighted by Gasteiger charge is 2.45. The van der Waals surface area contributed by atoms with Gasteiger partial charge in [-0.2, -0.15) is 0 Å². The van der Waals surface area contributed by atoms with E-state index in [9.17, 15) is 9.90 Å². The summed E-state index contributed by atoms with van der Waals surface area (Å²) in [4.78, 5) is 22.4. The number of aliphatic hydroxyl groups is 1. The zero-order valence-corrected chi connectivity index (χ0v) is 17.4. The van der Waals surface area contributed by atoms with E-state index in [0.717, 1.165) is 29.7 Å². The van der Waals surface area contributed by atoms with Crippen LogP contribution >= 0.6 is 0 Å². The molecule has 4 heterocycles. The van der Waals surface area contributed by atoms with Crippen LogP contribution in [-0.2, 0) is 10.3 Å². The standard InChI is InChI=1S/C23H24N4O4/c1-13-20(14(2)31-27-13)15-11-16(21-17(12-15)25-22(28)26-21)23(29,18-7-3-5-9-24-18)19-8-4-6-10-30-19/h3,5,7,9,11-12,19,29H,4,6,8,10H2,1-2H3,(H2,25,26,28). The molecule has 0 radical (unpaired) electrons. The van der Waals surface area contributed by atoms with Crippen LogP contribution in [0.15, 0.2) is 45.8 Å². The van der Waals surface area contributed by atoms with Crippen LogP contribution in [0.3, 0.4) is 0 Å². The lowest BCUT2D eigenvalue weighted by Crippen LogP contribution is -2.45. The van der Waals surface area contributed by atoms with E-state index in [2.05, 4.69) is 20.1 Å². The fourth-order valence-corrected chi connectivity index (χ4v) is 4.62. The molecule has 4 aromatic rings. The Hall–Kier alpha value is -3.23. The first kappa shape index (κ1) is 19.7. The molecule has 0 amide bonds. The van der Waals surface area contributed by atoms with Crippen LogP contribution in [0.2, 0.25) is 0 Å². The molecular weight excluding hydrogens is 396 g/mol. The molecule has 1 aromatic carbocycles. The fourth-order valence-electron chi connectivity index (χ4n) is 4.62. The summed E-state index contributed by atoms with van der Waals surface area (Å²) in [6.07, 6.45) is 3.72. The van der Waals surface area contributed by atoms with Gasteiger partial charge in [-0.3, -0.25) is 4.98 Å². The number of nitrogens with one attached hydrogen (secondary N) is 2. The third-order valence-electron chi connectivity index (χ3n) is 6.06. The van der Waals surface area contributed by atoms with Crippen LogP contribution in [0.25, 0.3) is 22.2 Å². The molecule has 160 valence electrons. The lowest BCUT2D eigenvalue weighted by molar-refractivity contribution is -0.111. The third kappa shape index (κ3) is 3.19. The van der Waals surface area contributed by atoms with Crippen molar-refractivity contribution in [2.45, 2.75) is 44.8 Å². The minimum absolute atomic E-state index is 0.347. The van der Waals surface area contributed by atoms with Gasteiger partial charge in [0.1, 0.15) is 5.76 Å². The first-order valence-electron chi connectivity index (χ1n) is 10.4. The number of hydrogen-bond acceptors (Lipinski definition) is 6. The summed E-state index contributed by atoms with van der Waals surface area (Å²) >= 11 is 0. The SMILES string of the molecule is Cc1noc(C)c1-c1cc(C(O)(c2ccccn2)C2CCCCO2)c2[nH]c(=O)[nH]c2c1. The number of H-pyrrole nitrogens is 2. The number of nitrogens with zero attached hydrogens (tertiary/aromatic N) is 2. The molecule has 1 aliphatic heterocycles. The number of imidazole rings is 1. The highest BCUT2D eigenvalue weighted by Crippen LogP contribution is 2.42. The number of aromatic nitrogens is 4. The number of hydrogen-bond donors (Lipinski definition) is 3. The molecule has 1 aliphatic rings. The highest BCUT2D eigenvalue weighted by molar-refractivity contribution is 5.87. The first-order valence-corrected chi connectivity index (χ1v) is 10.4. The van der Waals surface area contributed by atoms with Gasteiger partial charge in [0, 0.05) is 23.9 Å². The van der Waals surface area contributed by atoms with Crippen molar-refractivity contribution in [1.82, 2.24) is 20.1 Å². The minimum Gasteiger partial charge on any atom is -0.376 e. The Morgan fingerprint density at radius 3 is 2.74 bits per heavy atom. The maximum Gasteiger partial charge on any atom is 0.323 e. The van der Waals surface area contributed by atoms with Crippen molar-refractivity contribution in [3.63, 3.8) is 0 Å². The van der Waals surface area contributed by atoms with E-state index >= 15 is 0 Å². The molecule has 2 unspecified atom stereocenters. The number of pyridine rings is 1. The van der Waals surface area contributed by atoms with E-state index in [4.69, 9.17) is 9.26 Å². The third-order valence-corrected chi connectivity index (χ3v) is 6.06. The van der Waals surface area contributed by atoms with E-state index < -0.39 is 11.7 Å². The van der Waals surface area contributed by atoms with E-state index in [1.807, 2.05) is 32.0 Å². The van der Waals surface area contributed by atoms with Crippen molar-refractivity contribution in [1.29, 1.82) is 0 Å². The predicted molar refractivity (Wildman–Crippen MR) is 115 cm³/mol. The Balaban J connectivity index is 1.82. The van der Waals surface area contributed by atoms with Crippen molar-refractivity contribution < 1.29 is 14.4 Å². The summed E-state index contributed by atoms with van der Waals surface area (Å²) in [5.41, 5.74) is 2.57. The topological polar surface area (TPSA) is 117 Å². The molecular formula is C23H24N4O4. The second-order valence-corrected chi connectivity index (χ2v) is 8.06. The second kappa shape index (κ2) is 7.47. The van der Waals surface area contributed by atoms with Crippen LogP contribution in [0.1, 0.15) is 42.0 Å². The van der Waals surface area contributed by atoms with Gasteiger partial charge in [-0.15, -0.1) is 0 Å². The number of aryl methyl sites for hydroxylation is 2. The smallest absolute Gasteiger partial charge is 0.323 e. The number of fused-ring (bicyclic) bond motifs is 1. The molecule has 1 fully saturated rings. The Kier molecular flexibility index (Phi) is 4.75. The van der Waals surface area contributed by atoms with Gasteiger partial charge in [0.15, 0.2) is 5.60 Å². The summed E-state index contributed by atoms with van der Waals surface area (Å²) in [7, 11) is 0. The largest absolute Gasteiger partial charge is 0.376 e. The van der Waals surface area contributed by atoms with E-state index in [1.165, 1.54) is 0 Å². The molecule has 2 atom stereocenters. The Bertz CT molecular complexity index is 1260. The Labute approximate surface area is 178 Å². The molecule has 3 N–H and O–H groups in total. The summed E-state index contributed by atoms with van der Waals surface area (Å²) in [6, 6.07) is 9.18. The molecule has 5 rings (SSSR count). The lowest BCUT2D eigenvalue weighted by Gasteiger charge is -2.38. The molecule has 31 heavy (non-hydrogen) atoms. The average Bonchev–Trinajstić information content (AvgIpc) is 3.34. The predicted octanol–water partition coefficient (Wildman–Crippen LogP) is 3.33. The van der Waals surface area contributed by atoms with E-state index in [-0.39, 0.29) is 5.69 Å². The van der Waals surface area contributed by atoms with Gasteiger partial charge < -0.3 is 24.3 Å². The van der Waals surface area contributed by atoms with Gasteiger partial charge in [0.25, 0.3) is 0 Å². The van der Waals surface area contributed by atoms with Gasteiger partial charge >= 0.3 is 5.69 Å². The zero-order valence-electron chi connectivity index (χ0n) is 17.4. The maximum absolute atomic E-state index is 12.3. The van der Waals surface area contributed by atoms with Crippen molar-refractivity contribution in [2.24, 2.45) is 0 Å². The summed E-state index contributed by atoms with van der Waals surface area (Å²) in [5, 5.41) is 16.3. The van der Waals surface area contributed by atoms with Gasteiger partial charge in [-0.05, 0) is 62.9 Å². The molecule has 3 aromatic heterocycles. The Morgan fingerprint density at radius 1 is 1.19 bits per heavy atom. The van der Waals surface area contributed by atoms with Gasteiger partial charge in [0.05, 0.1) is 28.5 Å².